The number of anilines is 2. The third-order valence-corrected chi connectivity index (χ3v) is 6.10. The van der Waals surface area contributed by atoms with Crippen molar-refractivity contribution in [3.05, 3.63) is 69.3 Å². The van der Waals surface area contributed by atoms with Crippen LogP contribution in [-0.4, -0.2) is 42.9 Å². The molecule has 4 rings (SSSR count). The monoisotopic (exact) mass is 504 g/mol. The van der Waals surface area contributed by atoms with Gasteiger partial charge in [0.1, 0.15) is 24.3 Å². The van der Waals surface area contributed by atoms with Crippen LogP contribution >= 0.6 is 0 Å². The molecule has 0 saturated carbocycles. The number of nitrogens with zero attached hydrogens (tertiary/aromatic N) is 6. The molecule has 0 unspecified atom stereocenters. The summed E-state index contributed by atoms with van der Waals surface area (Å²) in [6.45, 7) is 1.48. The molecule has 0 spiro atoms. The first kappa shape index (κ1) is 25.6. The molecule has 0 saturated heterocycles. The van der Waals surface area contributed by atoms with E-state index in [0.29, 0.717) is 33.4 Å². The predicted octanol–water partition coefficient (Wildman–Crippen LogP) is 5.64. The number of unbranched alkanes of at least 4 members (excludes halogenated alkanes) is 6. The quantitative estimate of drug-likeness (QED) is 0.125. The Morgan fingerprint density at radius 2 is 1.00 bits per heavy atom. The van der Waals surface area contributed by atoms with Crippen LogP contribution in [0.5, 0.6) is 0 Å². The Balaban J connectivity index is 1.11. The van der Waals surface area contributed by atoms with Gasteiger partial charge in [0, 0.05) is 48.1 Å². The molecule has 0 aliphatic rings. The molecule has 37 heavy (non-hydrogen) atoms. The number of non-ortho nitro benzene ring substituents is 2. The number of aromatic nitrogens is 4. The molecule has 2 N–H and O–H groups in total. The first-order valence-corrected chi connectivity index (χ1v) is 12.3. The van der Waals surface area contributed by atoms with Gasteiger partial charge in [-0.3, -0.25) is 20.2 Å². The van der Waals surface area contributed by atoms with Gasteiger partial charge in [-0.1, -0.05) is 32.1 Å². The molecule has 0 aliphatic carbocycles. The molecule has 4 aromatic rings. The van der Waals surface area contributed by atoms with Gasteiger partial charge in [-0.2, -0.15) is 0 Å². The Morgan fingerprint density at radius 3 is 1.41 bits per heavy atom. The number of hydrogen-bond acceptors (Lipinski definition) is 10. The Morgan fingerprint density at radius 1 is 0.595 bits per heavy atom. The maximum absolute atomic E-state index is 11.1. The van der Waals surface area contributed by atoms with Gasteiger partial charge in [-0.25, -0.2) is 19.9 Å². The normalized spacial score (nSPS) is 11.0. The predicted molar refractivity (Wildman–Crippen MR) is 142 cm³/mol. The zero-order chi connectivity index (χ0) is 26.0. The summed E-state index contributed by atoms with van der Waals surface area (Å²) in [6, 6.07) is 9.17. The molecular weight excluding hydrogens is 476 g/mol. The Bertz CT molecular complexity index is 1290. The summed E-state index contributed by atoms with van der Waals surface area (Å²) in [7, 11) is 0. The van der Waals surface area contributed by atoms with Crippen LogP contribution in [-0.2, 0) is 0 Å². The Kier molecular flexibility index (Phi) is 8.63. The molecule has 0 amide bonds. The van der Waals surface area contributed by atoms with Crippen molar-refractivity contribution < 1.29 is 9.85 Å². The first-order valence-electron chi connectivity index (χ1n) is 12.3. The maximum atomic E-state index is 11.1. The minimum atomic E-state index is -0.418. The van der Waals surface area contributed by atoms with Crippen LogP contribution in [0.2, 0.25) is 0 Å². The van der Waals surface area contributed by atoms with Gasteiger partial charge in [0.15, 0.2) is 0 Å². The summed E-state index contributed by atoms with van der Waals surface area (Å²) >= 11 is 0. The molecule has 0 fully saturated rings. The van der Waals surface area contributed by atoms with E-state index in [-0.39, 0.29) is 11.4 Å². The van der Waals surface area contributed by atoms with Gasteiger partial charge >= 0.3 is 0 Å². The van der Waals surface area contributed by atoms with Crippen LogP contribution in [0.1, 0.15) is 44.9 Å². The van der Waals surface area contributed by atoms with Gasteiger partial charge in [0.25, 0.3) is 11.4 Å². The molecule has 12 nitrogen and oxygen atoms in total. The van der Waals surface area contributed by atoms with Crippen molar-refractivity contribution in [3.8, 4) is 0 Å². The highest BCUT2D eigenvalue weighted by atomic mass is 16.6. The number of nitrogens with one attached hydrogen (secondary N) is 2. The lowest BCUT2D eigenvalue weighted by Crippen LogP contribution is -2.05. The lowest BCUT2D eigenvalue weighted by atomic mass is 10.1. The maximum Gasteiger partial charge on any atom is 0.270 e. The topological polar surface area (TPSA) is 162 Å². The first-order chi connectivity index (χ1) is 18.0. The van der Waals surface area contributed by atoms with Crippen molar-refractivity contribution in [3.63, 3.8) is 0 Å². The molecule has 0 radical (unpaired) electrons. The summed E-state index contributed by atoms with van der Waals surface area (Å²) in [5.74, 6) is 1.24. The summed E-state index contributed by atoms with van der Waals surface area (Å²) in [6.07, 6.45) is 10.5. The molecule has 0 aliphatic heterocycles. The molecule has 12 heteroatoms. The van der Waals surface area contributed by atoms with Crippen LogP contribution in [0.15, 0.2) is 49.1 Å². The highest BCUT2D eigenvalue weighted by molar-refractivity contribution is 5.91. The summed E-state index contributed by atoms with van der Waals surface area (Å²) < 4.78 is 0. The second-order valence-corrected chi connectivity index (χ2v) is 8.69. The van der Waals surface area contributed by atoms with Crippen molar-refractivity contribution in [1.29, 1.82) is 0 Å². The molecule has 2 heterocycles. The molecule has 2 aromatic carbocycles. The second-order valence-electron chi connectivity index (χ2n) is 8.69. The van der Waals surface area contributed by atoms with Crippen LogP contribution in [0.4, 0.5) is 23.0 Å². The number of rotatable bonds is 14. The van der Waals surface area contributed by atoms with Crippen molar-refractivity contribution in [1.82, 2.24) is 19.9 Å². The van der Waals surface area contributed by atoms with Gasteiger partial charge in [-0.05, 0) is 25.0 Å². The average Bonchev–Trinajstić information content (AvgIpc) is 2.91. The minimum absolute atomic E-state index is 0.0231. The zero-order valence-electron chi connectivity index (χ0n) is 20.3. The lowest BCUT2D eigenvalue weighted by molar-refractivity contribution is -0.384. The van der Waals surface area contributed by atoms with Gasteiger partial charge in [-0.15, -0.1) is 0 Å². The Labute approximate surface area is 212 Å². The number of benzene rings is 2. The third-order valence-electron chi connectivity index (χ3n) is 6.10. The zero-order valence-corrected chi connectivity index (χ0v) is 20.3. The number of fused-ring (bicyclic) bond motifs is 2. The molecule has 0 atom stereocenters. The van der Waals surface area contributed by atoms with E-state index >= 15 is 0 Å². The second kappa shape index (κ2) is 12.5. The lowest BCUT2D eigenvalue weighted by Gasteiger charge is -2.09. The van der Waals surface area contributed by atoms with Gasteiger partial charge in [0.05, 0.1) is 20.9 Å². The molecule has 192 valence electrons. The third kappa shape index (κ3) is 6.81. The SMILES string of the molecule is O=[N+]([O-])c1ccc2ncnc(NCCCCCCCCCNc3ncnc4ccc([N+](=O)[O-])cc34)c2c1. The smallest absolute Gasteiger partial charge is 0.270 e. The van der Waals surface area contributed by atoms with E-state index in [1.165, 1.54) is 36.9 Å². The van der Waals surface area contributed by atoms with Crippen molar-refractivity contribution in [2.75, 3.05) is 23.7 Å². The van der Waals surface area contributed by atoms with E-state index in [9.17, 15) is 20.2 Å². The minimum Gasteiger partial charge on any atom is -0.369 e. The van der Waals surface area contributed by atoms with Crippen molar-refractivity contribution in [2.45, 2.75) is 44.9 Å². The number of nitro groups is 2. The number of nitro benzene ring substituents is 2. The van der Waals surface area contributed by atoms with Crippen LogP contribution < -0.4 is 10.6 Å². The van der Waals surface area contributed by atoms with Gasteiger partial charge < -0.3 is 10.6 Å². The molecule has 0 bridgehead atoms. The van der Waals surface area contributed by atoms with E-state index in [1.54, 1.807) is 12.1 Å². The van der Waals surface area contributed by atoms with Gasteiger partial charge in [0.2, 0.25) is 0 Å². The summed E-state index contributed by atoms with van der Waals surface area (Å²) in [5, 5.41) is 30.0. The Hall–Kier alpha value is -4.48. The number of hydrogen-bond donors (Lipinski definition) is 2. The van der Waals surface area contributed by atoms with E-state index in [0.717, 1.165) is 58.0 Å². The van der Waals surface area contributed by atoms with Crippen LogP contribution in [0.3, 0.4) is 0 Å². The largest absolute Gasteiger partial charge is 0.369 e. The fourth-order valence-corrected chi connectivity index (χ4v) is 4.15. The van der Waals surface area contributed by atoms with E-state index in [2.05, 4.69) is 30.6 Å². The van der Waals surface area contributed by atoms with Crippen molar-refractivity contribution >= 4 is 44.8 Å². The van der Waals surface area contributed by atoms with E-state index in [4.69, 9.17) is 0 Å². The fraction of sp³-hybridized carbons (Fsp3) is 0.360. The van der Waals surface area contributed by atoms with Crippen LogP contribution in [0, 0.1) is 20.2 Å². The summed E-state index contributed by atoms with van der Waals surface area (Å²) in [4.78, 5) is 38.1. The van der Waals surface area contributed by atoms with E-state index < -0.39 is 9.85 Å². The molecule has 2 aromatic heterocycles. The highest BCUT2D eigenvalue weighted by Crippen LogP contribution is 2.25. The average molecular weight is 505 g/mol. The van der Waals surface area contributed by atoms with Crippen LogP contribution in [0.25, 0.3) is 21.8 Å². The standard InChI is InChI=1S/C25H28N8O4/c34-32(35)18-8-10-22-20(14-18)24(30-16-28-22)26-12-6-4-2-1-3-5-7-13-27-25-21-15-19(33(36)37)9-11-23(21)29-17-31-25/h8-11,14-17H,1-7,12-13H2,(H,26,28,30)(H,27,29,31). The summed E-state index contributed by atoms with van der Waals surface area (Å²) in [5.41, 5.74) is 1.39. The van der Waals surface area contributed by atoms with Crippen molar-refractivity contribution in [2.24, 2.45) is 0 Å². The fourth-order valence-electron chi connectivity index (χ4n) is 4.15. The molecular formula is C25H28N8O4. The van der Waals surface area contributed by atoms with E-state index in [1.807, 2.05) is 0 Å². The highest BCUT2D eigenvalue weighted by Gasteiger charge is 2.11.